The Labute approximate surface area is 155 Å². The molecule has 0 saturated heterocycles. The Hall–Kier alpha value is -1.30. The van der Waals surface area contributed by atoms with Crippen molar-refractivity contribution in [3.63, 3.8) is 0 Å². The van der Waals surface area contributed by atoms with Crippen LogP contribution in [0.1, 0.15) is 58.9 Å². The van der Waals surface area contributed by atoms with Gasteiger partial charge in [-0.15, -0.1) is 0 Å². The van der Waals surface area contributed by atoms with E-state index in [1.807, 2.05) is 45.5 Å². The molecule has 0 spiro atoms. The van der Waals surface area contributed by atoms with Crippen LogP contribution in [0.15, 0.2) is 16.1 Å². The van der Waals surface area contributed by atoms with Crippen molar-refractivity contribution < 1.29 is 9.53 Å². The number of ether oxygens (including phenoxy) is 1. The maximum Gasteiger partial charge on any atom is 0.311 e. The van der Waals surface area contributed by atoms with Crippen LogP contribution in [0.3, 0.4) is 0 Å². The molecule has 6 heteroatoms. The lowest BCUT2D eigenvalue weighted by molar-refractivity contribution is -0.156. The van der Waals surface area contributed by atoms with Crippen LogP contribution in [-0.4, -0.2) is 27.9 Å². The van der Waals surface area contributed by atoms with E-state index in [1.165, 1.54) is 0 Å². The Morgan fingerprint density at radius 2 is 1.92 bits per heavy atom. The molecule has 5 nitrogen and oxygen atoms in total. The molecule has 1 rings (SSSR count). The quantitative estimate of drug-likeness (QED) is 0.271. The molecule has 0 aliphatic heterocycles. The average molecular weight is 369 g/mol. The average Bonchev–Trinajstić information content (AvgIpc) is 2.53. The van der Waals surface area contributed by atoms with Crippen molar-refractivity contribution in [3.8, 4) is 0 Å². The summed E-state index contributed by atoms with van der Waals surface area (Å²) >= 11 is 1.61. The van der Waals surface area contributed by atoms with Crippen LogP contribution in [0.4, 0.5) is 0 Å². The zero-order chi connectivity index (χ0) is 19.0. The fourth-order valence-corrected chi connectivity index (χ4v) is 3.03. The van der Waals surface area contributed by atoms with Crippen molar-refractivity contribution in [3.05, 3.63) is 22.1 Å². The molecule has 0 fully saturated rings. The van der Waals surface area contributed by atoms with E-state index in [0.29, 0.717) is 12.2 Å². The molecule has 1 aromatic heterocycles. The summed E-state index contributed by atoms with van der Waals surface area (Å²) in [6.45, 7) is 10.2. The minimum atomic E-state index is -0.423. The van der Waals surface area contributed by atoms with E-state index in [0.717, 1.165) is 36.6 Å². The molecule has 0 saturated carbocycles. The summed E-state index contributed by atoms with van der Waals surface area (Å²) in [5.41, 5.74) is 0.0990. The zero-order valence-corrected chi connectivity index (χ0v) is 17.2. The number of aromatic nitrogens is 2. The molecule has 0 radical (unpaired) electrons. The summed E-state index contributed by atoms with van der Waals surface area (Å²) in [5, 5.41) is 0.764. The zero-order valence-electron chi connectivity index (χ0n) is 16.4. The lowest BCUT2D eigenvalue weighted by Gasteiger charge is -2.26. The third-order valence-corrected chi connectivity index (χ3v) is 5.83. The molecule has 0 N–H and O–H groups in total. The number of carbonyl (C=O) groups is 1. The Morgan fingerprint density at radius 3 is 2.56 bits per heavy atom. The molecule has 0 aliphatic rings. The molecule has 0 unspecified atom stereocenters. The second-order valence-electron chi connectivity index (χ2n) is 7.40. The molecule has 0 bridgehead atoms. The Morgan fingerprint density at radius 1 is 1.28 bits per heavy atom. The molecular formula is C19H32N2O3S. The maximum absolute atomic E-state index is 12.0. The third kappa shape index (κ3) is 6.84. The number of aryl methyl sites for hydroxylation is 2. The number of unbranched alkanes of at least 4 members (excludes halogenated alkanes) is 3. The topological polar surface area (TPSA) is 61.2 Å². The molecular weight excluding hydrogens is 336 g/mol. The first-order chi connectivity index (χ1) is 11.7. The van der Waals surface area contributed by atoms with Crippen LogP contribution in [-0.2, 0) is 16.6 Å². The van der Waals surface area contributed by atoms with E-state index in [2.05, 4.69) is 4.98 Å². The largest absolute Gasteiger partial charge is 0.465 e. The fourth-order valence-electron chi connectivity index (χ4n) is 2.10. The van der Waals surface area contributed by atoms with Gasteiger partial charge in [0.25, 0.3) is 5.56 Å². The molecule has 25 heavy (non-hydrogen) atoms. The van der Waals surface area contributed by atoms with Crippen molar-refractivity contribution in [1.29, 1.82) is 0 Å². The summed E-state index contributed by atoms with van der Waals surface area (Å²) < 4.78 is 7.29. The molecule has 142 valence electrons. The van der Waals surface area contributed by atoms with Crippen LogP contribution in [0, 0.1) is 18.3 Å². The minimum absolute atomic E-state index is 0.107. The smallest absolute Gasteiger partial charge is 0.311 e. The van der Waals surface area contributed by atoms with Gasteiger partial charge in [0.1, 0.15) is 0 Å². The Kier molecular flexibility index (Phi) is 8.69. The predicted octanol–water partition coefficient (Wildman–Crippen LogP) is 3.97. The van der Waals surface area contributed by atoms with Gasteiger partial charge >= 0.3 is 5.97 Å². The fraction of sp³-hybridized carbons (Fsp3) is 0.737. The first-order valence-electron chi connectivity index (χ1n) is 9.00. The molecule has 1 aromatic rings. The van der Waals surface area contributed by atoms with Crippen LogP contribution in [0.5, 0.6) is 0 Å². The van der Waals surface area contributed by atoms with Gasteiger partial charge in [-0.3, -0.25) is 9.59 Å². The van der Waals surface area contributed by atoms with E-state index in [1.54, 1.807) is 18.7 Å². The van der Waals surface area contributed by atoms with Gasteiger partial charge < -0.3 is 9.30 Å². The number of nitrogens with zero attached hydrogens (tertiary/aromatic N) is 2. The second-order valence-corrected chi connectivity index (χ2v) is 8.46. The van der Waals surface area contributed by atoms with E-state index in [-0.39, 0.29) is 17.4 Å². The molecule has 1 heterocycles. The number of hydrogen-bond acceptors (Lipinski definition) is 5. The highest BCUT2D eigenvalue weighted by Crippen LogP contribution is 2.27. The first-order valence-corrected chi connectivity index (χ1v) is 9.99. The predicted molar refractivity (Wildman–Crippen MR) is 103 cm³/mol. The first kappa shape index (κ1) is 21.7. The van der Waals surface area contributed by atoms with E-state index >= 15 is 0 Å². The van der Waals surface area contributed by atoms with E-state index < -0.39 is 5.41 Å². The standard InChI is InChI=1S/C19H32N2O3S/c1-14(2)19(4,5)17(23)24-11-9-7-8-10-12-25-18-20-16(22)15(3)13-21(18)6/h13-14H,7-12H2,1-6H3. The summed E-state index contributed by atoms with van der Waals surface area (Å²) in [4.78, 5) is 27.7. The Bertz CT molecular complexity index is 624. The summed E-state index contributed by atoms with van der Waals surface area (Å²) in [5.74, 6) is 1.09. The van der Waals surface area contributed by atoms with Gasteiger partial charge in [0.05, 0.1) is 12.0 Å². The molecule has 0 aliphatic carbocycles. The van der Waals surface area contributed by atoms with Crippen molar-refractivity contribution >= 4 is 17.7 Å². The van der Waals surface area contributed by atoms with Gasteiger partial charge in [0, 0.05) is 24.6 Å². The summed E-state index contributed by atoms with van der Waals surface area (Å²) in [6.07, 6.45) is 5.89. The lowest BCUT2D eigenvalue weighted by atomic mass is 9.81. The lowest BCUT2D eigenvalue weighted by Crippen LogP contribution is -2.32. The summed E-state index contributed by atoms with van der Waals surface area (Å²) in [6, 6.07) is 0. The van der Waals surface area contributed by atoms with Crippen LogP contribution < -0.4 is 5.56 Å². The minimum Gasteiger partial charge on any atom is -0.465 e. The number of rotatable bonds is 10. The van der Waals surface area contributed by atoms with Gasteiger partial charge in [0.15, 0.2) is 5.16 Å². The number of esters is 1. The number of carbonyl (C=O) groups excluding carboxylic acids is 1. The third-order valence-electron chi connectivity index (χ3n) is 4.70. The normalized spacial score (nSPS) is 11.8. The summed E-state index contributed by atoms with van der Waals surface area (Å²) in [7, 11) is 1.91. The molecule has 0 amide bonds. The van der Waals surface area contributed by atoms with Gasteiger partial charge in [-0.1, -0.05) is 38.5 Å². The van der Waals surface area contributed by atoms with Crippen LogP contribution >= 0.6 is 11.8 Å². The number of thioether (sulfide) groups is 1. The molecule has 0 aromatic carbocycles. The van der Waals surface area contributed by atoms with Crippen molar-refractivity contribution in [1.82, 2.24) is 9.55 Å². The second kappa shape index (κ2) is 10.00. The SMILES string of the molecule is Cc1cn(C)c(SCCCCCCOC(=O)C(C)(C)C(C)C)nc1=O. The van der Waals surface area contributed by atoms with E-state index in [4.69, 9.17) is 4.74 Å². The maximum atomic E-state index is 12.0. The van der Waals surface area contributed by atoms with Crippen molar-refractivity contribution in [2.45, 2.75) is 65.5 Å². The van der Waals surface area contributed by atoms with Crippen molar-refractivity contribution in [2.24, 2.45) is 18.4 Å². The van der Waals surface area contributed by atoms with Crippen molar-refractivity contribution in [2.75, 3.05) is 12.4 Å². The van der Waals surface area contributed by atoms with Crippen LogP contribution in [0.25, 0.3) is 0 Å². The highest BCUT2D eigenvalue weighted by molar-refractivity contribution is 7.99. The monoisotopic (exact) mass is 368 g/mol. The van der Waals surface area contributed by atoms with Gasteiger partial charge in [-0.2, -0.15) is 4.98 Å². The van der Waals surface area contributed by atoms with Crippen LogP contribution in [0.2, 0.25) is 0 Å². The van der Waals surface area contributed by atoms with E-state index in [9.17, 15) is 9.59 Å². The van der Waals surface area contributed by atoms with Gasteiger partial charge in [0.2, 0.25) is 0 Å². The number of hydrogen-bond donors (Lipinski definition) is 0. The highest BCUT2D eigenvalue weighted by atomic mass is 32.2. The highest BCUT2D eigenvalue weighted by Gasteiger charge is 2.32. The molecule has 0 atom stereocenters. The van der Waals surface area contributed by atoms with Gasteiger partial charge in [-0.05, 0) is 39.5 Å². The van der Waals surface area contributed by atoms with Gasteiger partial charge in [-0.25, -0.2) is 0 Å². The Balaban J connectivity index is 2.16.